The van der Waals surface area contributed by atoms with Gasteiger partial charge in [-0.2, -0.15) is 5.10 Å². The molecule has 0 atom stereocenters. The van der Waals surface area contributed by atoms with Crippen molar-refractivity contribution in [2.24, 2.45) is 5.10 Å². The van der Waals surface area contributed by atoms with Crippen LogP contribution in [0.5, 0.6) is 11.5 Å². The van der Waals surface area contributed by atoms with Crippen molar-refractivity contribution in [2.75, 3.05) is 12.0 Å². The minimum Gasteiger partial charge on any atom is -0.490 e. The predicted octanol–water partition coefficient (Wildman–Crippen LogP) is 7.02. The molecule has 150 valence electrons. The first kappa shape index (κ1) is 21.7. The van der Waals surface area contributed by atoms with E-state index in [1.54, 1.807) is 18.3 Å². The number of para-hydroxylation sites is 1. The van der Waals surface area contributed by atoms with Crippen molar-refractivity contribution in [3.63, 3.8) is 0 Å². The van der Waals surface area contributed by atoms with E-state index in [0.29, 0.717) is 34.8 Å². The molecule has 0 heterocycles. The second-order valence-corrected chi connectivity index (χ2v) is 8.03. The van der Waals surface area contributed by atoms with E-state index in [1.165, 1.54) is 0 Å². The van der Waals surface area contributed by atoms with E-state index < -0.39 is 0 Å². The van der Waals surface area contributed by atoms with Gasteiger partial charge in [0.25, 0.3) is 0 Å². The van der Waals surface area contributed by atoms with Gasteiger partial charge >= 0.3 is 0 Å². The van der Waals surface area contributed by atoms with E-state index in [2.05, 4.69) is 33.1 Å². The number of anilines is 1. The molecule has 3 rings (SSSR count). The van der Waals surface area contributed by atoms with Gasteiger partial charge < -0.3 is 9.47 Å². The number of hydrogen-bond donors (Lipinski definition) is 1. The Kier molecular flexibility index (Phi) is 8.03. The van der Waals surface area contributed by atoms with Gasteiger partial charge in [0.2, 0.25) is 0 Å². The maximum absolute atomic E-state index is 6.25. The van der Waals surface area contributed by atoms with Crippen LogP contribution in [-0.4, -0.2) is 12.8 Å². The molecule has 0 aliphatic carbocycles. The Hall–Kier alpha value is -1.96. The predicted molar refractivity (Wildman–Crippen MR) is 129 cm³/mol. The largest absolute Gasteiger partial charge is 0.490 e. The molecule has 0 bridgehead atoms. The van der Waals surface area contributed by atoms with Crippen molar-refractivity contribution in [1.29, 1.82) is 0 Å². The highest BCUT2D eigenvalue weighted by atomic mass is 127. The summed E-state index contributed by atoms with van der Waals surface area (Å²) in [6, 6.07) is 19.0. The molecule has 4 nitrogen and oxygen atoms in total. The molecule has 7 heteroatoms. The van der Waals surface area contributed by atoms with Crippen LogP contribution in [0.15, 0.2) is 65.8 Å². The summed E-state index contributed by atoms with van der Waals surface area (Å²) in [4.78, 5) is 0. The molecule has 29 heavy (non-hydrogen) atoms. The third kappa shape index (κ3) is 6.26. The number of benzene rings is 3. The zero-order chi connectivity index (χ0) is 20.6. The van der Waals surface area contributed by atoms with Crippen molar-refractivity contribution in [3.8, 4) is 11.5 Å². The molecule has 0 aliphatic rings. The van der Waals surface area contributed by atoms with Crippen molar-refractivity contribution >= 4 is 57.7 Å². The number of ether oxygens (including phenoxy) is 2. The summed E-state index contributed by atoms with van der Waals surface area (Å²) in [5.74, 6) is 1.33. The lowest BCUT2D eigenvalue weighted by Crippen LogP contribution is -2.03. The van der Waals surface area contributed by atoms with Crippen LogP contribution in [0, 0.1) is 3.57 Å². The third-order valence-electron chi connectivity index (χ3n) is 3.90. The van der Waals surface area contributed by atoms with Gasteiger partial charge in [-0.25, -0.2) is 0 Å². The van der Waals surface area contributed by atoms with Gasteiger partial charge in [0.05, 0.1) is 22.1 Å². The Morgan fingerprint density at radius 2 is 1.83 bits per heavy atom. The van der Waals surface area contributed by atoms with Crippen molar-refractivity contribution in [2.45, 2.75) is 13.5 Å². The molecule has 3 aromatic carbocycles. The molecule has 0 fully saturated rings. The maximum atomic E-state index is 6.25. The van der Waals surface area contributed by atoms with E-state index in [4.69, 9.17) is 32.7 Å². The van der Waals surface area contributed by atoms with E-state index >= 15 is 0 Å². The quantitative estimate of drug-likeness (QED) is 0.189. The summed E-state index contributed by atoms with van der Waals surface area (Å²) in [5, 5.41) is 5.46. The molecule has 3 aromatic rings. The molecule has 0 unspecified atom stereocenters. The van der Waals surface area contributed by atoms with Gasteiger partial charge in [-0.15, -0.1) is 0 Å². The fourth-order valence-corrected chi connectivity index (χ4v) is 3.79. The highest BCUT2D eigenvalue weighted by molar-refractivity contribution is 14.1. The van der Waals surface area contributed by atoms with Crippen molar-refractivity contribution in [3.05, 3.63) is 85.4 Å². The number of hydrogen-bond acceptors (Lipinski definition) is 4. The SMILES string of the molecule is CCOc1cc(/C=N\Nc2ccccc2)cc(I)c1OCc1ccc(Cl)cc1Cl. The number of nitrogens with zero attached hydrogens (tertiary/aromatic N) is 1. The van der Waals surface area contributed by atoms with E-state index in [9.17, 15) is 0 Å². The van der Waals surface area contributed by atoms with Crippen LogP contribution in [0.1, 0.15) is 18.1 Å². The molecular formula is C22H19Cl2IN2O2. The molecular weight excluding hydrogens is 522 g/mol. The minimum absolute atomic E-state index is 0.315. The number of nitrogens with one attached hydrogen (secondary N) is 1. The lowest BCUT2D eigenvalue weighted by molar-refractivity contribution is 0.267. The van der Waals surface area contributed by atoms with Gasteiger partial charge in [-0.05, 0) is 71.5 Å². The van der Waals surface area contributed by atoms with E-state index in [-0.39, 0.29) is 0 Å². The van der Waals surface area contributed by atoms with Gasteiger partial charge in [0, 0.05) is 15.6 Å². The van der Waals surface area contributed by atoms with E-state index in [1.807, 2.05) is 55.5 Å². The second kappa shape index (κ2) is 10.7. The fourth-order valence-electron chi connectivity index (χ4n) is 2.55. The summed E-state index contributed by atoms with van der Waals surface area (Å²) in [6.07, 6.45) is 1.75. The average Bonchev–Trinajstić information content (AvgIpc) is 2.70. The first-order valence-electron chi connectivity index (χ1n) is 8.94. The zero-order valence-electron chi connectivity index (χ0n) is 15.7. The average molecular weight is 541 g/mol. The summed E-state index contributed by atoms with van der Waals surface area (Å²) >= 11 is 14.4. The van der Waals surface area contributed by atoms with Crippen LogP contribution in [0.4, 0.5) is 5.69 Å². The van der Waals surface area contributed by atoms with Crippen molar-refractivity contribution < 1.29 is 9.47 Å². The van der Waals surface area contributed by atoms with Gasteiger partial charge in [-0.1, -0.05) is 47.5 Å². The monoisotopic (exact) mass is 540 g/mol. The van der Waals surface area contributed by atoms with Gasteiger partial charge in [-0.3, -0.25) is 5.43 Å². The highest BCUT2D eigenvalue weighted by Crippen LogP contribution is 2.35. The zero-order valence-corrected chi connectivity index (χ0v) is 19.3. The van der Waals surface area contributed by atoms with Crippen LogP contribution in [0.2, 0.25) is 10.0 Å². The lowest BCUT2D eigenvalue weighted by Gasteiger charge is -2.15. The molecule has 0 saturated carbocycles. The summed E-state index contributed by atoms with van der Waals surface area (Å²) < 4.78 is 12.7. The Labute approximate surface area is 194 Å². The number of hydrazone groups is 1. The van der Waals surface area contributed by atoms with Gasteiger partial charge in [0.1, 0.15) is 6.61 Å². The molecule has 1 N–H and O–H groups in total. The van der Waals surface area contributed by atoms with Crippen LogP contribution in [-0.2, 0) is 6.61 Å². The lowest BCUT2D eigenvalue weighted by atomic mass is 10.2. The molecule has 0 saturated heterocycles. The summed E-state index contributed by atoms with van der Waals surface area (Å²) in [6.45, 7) is 2.77. The smallest absolute Gasteiger partial charge is 0.175 e. The Balaban J connectivity index is 1.76. The summed E-state index contributed by atoms with van der Waals surface area (Å²) in [7, 11) is 0. The van der Waals surface area contributed by atoms with Gasteiger partial charge in [0.15, 0.2) is 11.5 Å². The topological polar surface area (TPSA) is 42.8 Å². The van der Waals surface area contributed by atoms with Crippen molar-refractivity contribution in [1.82, 2.24) is 0 Å². The highest BCUT2D eigenvalue weighted by Gasteiger charge is 2.13. The fraction of sp³-hybridized carbons (Fsp3) is 0.136. The van der Waals surface area contributed by atoms with Crippen LogP contribution < -0.4 is 14.9 Å². The standard InChI is InChI=1S/C22H19Cl2IN2O2/c1-2-28-21-11-15(13-26-27-18-6-4-3-5-7-18)10-20(25)22(21)29-14-16-8-9-17(23)12-19(16)24/h3-13,27H,2,14H2,1H3/b26-13-. The van der Waals surface area contributed by atoms with Crippen LogP contribution in [0.25, 0.3) is 0 Å². The normalized spacial score (nSPS) is 10.9. The molecule has 0 amide bonds. The Morgan fingerprint density at radius 3 is 2.55 bits per heavy atom. The Bertz CT molecular complexity index is 998. The minimum atomic E-state index is 0.315. The Morgan fingerprint density at radius 1 is 1.03 bits per heavy atom. The molecule has 0 aliphatic heterocycles. The maximum Gasteiger partial charge on any atom is 0.175 e. The first-order chi connectivity index (χ1) is 14.1. The summed E-state index contributed by atoms with van der Waals surface area (Å²) in [5.41, 5.74) is 5.68. The first-order valence-corrected chi connectivity index (χ1v) is 10.8. The third-order valence-corrected chi connectivity index (χ3v) is 5.29. The van der Waals surface area contributed by atoms with Crippen LogP contribution >= 0.6 is 45.8 Å². The van der Waals surface area contributed by atoms with E-state index in [0.717, 1.165) is 20.4 Å². The molecule has 0 spiro atoms. The number of rotatable bonds is 8. The van der Waals surface area contributed by atoms with Crippen LogP contribution in [0.3, 0.4) is 0 Å². The molecule has 0 radical (unpaired) electrons. The molecule has 0 aromatic heterocycles. The second-order valence-electron chi connectivity index (χ2n) is 6.02. The number of halogens is 3.